The number of aryl methyl sites for hydroxylation is 3. The Morgan fingerprint density at radius 2 is 1.69 bits per heavy atom. The molecule has 0 heterocycles. The fourth-order valence-corrected chi connectivity index (χ4v) is 4.69. The highest BCUT2D eigenvalue weighted by Crippen LogP contribution is 2.22. The molecule has 0 fully saturated rings. The third kappa shape index (κ3) is 8.09. The van der Waals surface area contributed by atoms with Crippen molar-refractivity contribution in [2.75, 3.05) is 23.7 Å². The Bertz CT molecular complexity index is 1140. The second-order valence-electron chi connectivity index (χ2n) is 9.61. The first-order chi connectivity index (χ1) is 16.3. The van der Waals surface area contributed by atoms with Crippen LogP contribution in [0.5, 0.6) is 0 Å². The van der Waals surface area contributed by atoms with Crippen LogP contribution in [0.2, 0.25) is 0 Å². The standard InChI is InChI=1S/C27H39N3O4S/c1-8-25(27(32)28-16-19(2)3)29(17-23-11-9-10-20(4)14-23)26(31)18-30(35(7,33)34)24-13-12-21(5)22(6)15-24/h9-15,19,25H,8,16-18H2,1-7H3,(H,28,32)/t25-/m0/s1. The first-order valence-corrected chi connectivity index (χ1v) is 13.9. The Labute approximate surface area is 210 Å². The Morgan fingerprint density at radius 3 is 2.23 bits per heavy atom. The molecular weight excluding hydrogens is 462 g/mol. The minimum atomic E-state index is -3.74. The van der Waals surface area contributed by atoms with Gasteiger partial charge in [0, 0.05) is 13.1 Å². The molecule has 0 aromatic heterocycles. The summed E-state index contributed by atoms with van der Waals surface area (Å²) in [6.07, 6.45) is 1.50. The van der Waals surface area contributed by atoms with Crippen LogP contribution >= 0.6 is 0 Å². The number of nitrogens with zero attached hydrogens (tertiary/aromatic N) is 2. The van der Waals surface area contributed by atoms with Crippen molar-refractivity contribution in [1.82, 2.24) is 10.2 Å². The van der Waals surface area contributed by atoms with Gasteiger partial charge in [-0.3, -0.25) is 13.9 Å². The largest absolute Gasteiger partial charge is 0.354 e. The Balaban J connectivity index is 2.44. The molecule has 2 rings (SSSR count). The van der Waals surface area contributed by atoms with Gasteiger partial charge in [0.05, 0.1) is 11.9 Å². The van der Waals surface area contributed by atoms with Gasteiger partial charge in [-0.1, -0.05) is 56.7 Å². The van der Waals surface area contributed by atoms with E-state index in [-0.39, 0.29) is 24.9 Å². The van der Waals surface area contributed by atoms with Crippen molar-refractivity contribution in [2.24, 2.45) is 5.92 Å². The summed E-state index contributed by atoms with van der Waals surface area (Å²) in [5, 5.41) is 2.93. The molecule has 0 saturated heterocycles. The van der Waals surface area contributed by atoms with Crippen LogP contribution in [0.3, 0.4) is 0 Å². The van der Waals surface area contributed by atoms with Crippen molar-refractivity contribution >= 4 is 27.5 Å². The summed E-state index contributed by atoms with van der Waals surface area (Å²) in [5.41, 5.74) is 4.31. The Kier molecular flexibility index (Phi) is 9.89. The molecule has 0 unspecified atom stereocenters. The van der Waals surface area contributed by atoms with E-state index in [0.717, 1.165) is 32.8 Å². The van der Waals surface area contributed by atoms with E-state index < -0.39 is 22.0 Å². The lowest BCUT2D eigenvalue weighted by molar-refractivity contribution is -0.140. The highest BCUT2D eigenvalue weighted by Gasteiger charge is 2.31. The molecule has 2 aromatic rings. The Hall–Kier alpha value is -2.87. The summed E-state index contributed by atoms with van der Waals surface area (Å²) in [7, 11) is -3.74. The predicted octanol–water partition coefficient (Wildman–Crippen LogP) is 3.96. The lowest BCUT2D eigenvalue weighted by Gasteiger charge is -2.33. The van der Waals surface area contributed by atoms with Gasteiger partial charge in [0.15, 0.2) is 0 Å². The maximum Gasteiger partial charge on any atom is 0.244 e. The van der Waals surface area contributed by atoms with Crippen molar-refractivity contribution in [3.8, 4) is 0 Å². The third-order valence-corrected chi connectivity index (χ3v) is 7.10. The van der Waals surface area contributed by atoms with Crippen LogP contribution in [0.1, 0.15) is 49.4 Å². The van der Waals surface area contributed by atoms with E-state index in [0.29, 0.717) is 18.7 Å². The number of rotatable bonds is 11. The molecule has 2 amide bonds. The molecule has 1 N–H and O–H groups in total. The first-order valence-electron chi connectivity index (χ1n) is 12.0. The van der Waals surface area contributed by atoms with Crippen LogP contribution in [0.4, 0.5) is 5.69 Å². The van der Waals surface area contributed by atoms with E-state index in [4.69, 9.17) is 0 Å². The van der Waals surface area contributed by atoms with Crippen LogP contribution < -0.4 is 9.62 Å². The molecule has 0 radical (unpaired) electrons. The van der Waals surface area contributed by atoms with Gasteiger partial charge in [0.1, 0.15) is 12.6 Å². The smallest absolute Gasteiger partial charge is 0.244 e. The number of sulfonamides is 1. The van der Waals surface area contributed by atoms with Gasteiger partial charge in [-0.2, -0.15) is 0 Å². The SMILES string of the molecule is CC[C@@H](C(=O)NCC(C)C)N(Cc1cccc(C)c1)C(=O)CN(c1ccc(C)c(C)c1)S(C)(=O)=O. The maximum absolute atomic E-state index is 13.7. The van der Waals surface area contributed by atoms with Crippen molar-refractivity contribution in [3.63, 3.8) is 0 Å². The van der Waals surface area contributed by atoms with Crippen LogP contribution in [-0.2, 0) is 26.2 Å². The van der Waals surface area contributed by atoms with E-state index in [9.17, 15) is 18.0 Å². The molecule has 0 bridgehead atoms. The average Bonchev–Trinajstić information content (AvgIpc) is 2.77. The quantitative estimate of drug-likeness (QED) is 0.505. The van der Waals surface area contributed by atoms with Crippen LogP contribution in [0, 0.1) is 26.7 Å². The first kappa shape index (κ1) is 28.4. The molecule has 0 saturated carbocycles. The molecule has 8 heteroatoms. The second-order valence-corrected chi connectivity index (χ2v) is 11.5. The number of nitrogens with one attached hydrogen (secondary N) is 1. The van der Waals surface area contributed by atoms with Gasteiger partial charge in [-0.05, 0) is 61.9 Å². The number of carbonyl (C=O) groups is 2. The number of benzene rings is 2. The summed E-state index contributed by atoms with van der Waals surface area (Å²) in [5.74, 6) is -0.399. The van der Waals surface area contributed by atoms with Crippen LogP contribution in [0.15, 0.2) is 42.5 Å². The molecule has 0 aliphatic carbocycles. The topological polar surface area (TPSA) is 86.8 Å². The van der Waals surface area contributed by atoms with Crippen molar-refractivity contribution in [2.45, 2.75) is 60.5 Å². The van der Waals surface area contributed by atoms with Crippen LogP contribution in [0.25, 0.3) is 0 Å². The number of hydrogen-bond acceptors (Lipinski definition) is 4. The van der Waals surface area contributed by atoms with E-state index in [1.54, 1.807) is 12.1 Å². The zero-order chi connectivity index (χ0) is 26.3. The van der Waals surface area contributed by atoms with E-state index in [2.05, 4.69) is 5.32 Å². The van der Waals surface area contributed by atoms with Crippen LogP contribution in [-0.4, -0.2) is 50.5 Å². The molecule has 1 atom stereocenters. The lowest BCUT2D eigenvalue weighted by atomic mass is 10.1. The molecule has 0 spiro atoms. The van der Waals surface area contributed by atoms with E-state index in [1.165, 1.54) is 4.90 Å². The second kappa shape index (κ2) is 12.2. The molecule has 0 aliphatic heterocycles. The normalized spacial score (nSPS) is 12.3. The maximum atomic E-state index is 13.7. The van der Waals surface area contributed by atoms with Gasteiger partial charge in [0.2, 0.25) is 21.8 Å². The summed E-state index contributed by atoms with van der Waals surface area (Å²) >= 11 is 0. The summed E-state index contributed by atoms with van der Waals surface area (Å²) in [4.78, 5) is 28.3. The highest BCUT2D eigenvalue weighted by molar-refractivity contribution is 7.92. The zero-order valence-electron chi connectivity index (χ0n) is 22.0. The van der Waals surface area contributed by atoms with Gasteiger partial charge in [0.25, 0.3) is 0 Å². The van der Waals surface area contributed by atoms with Crippen molar-refractivity contribution < 1.29 is 18.0 Å². The molecular formula is C27H39N3O4S. The average molecular weight is 502 g/mol. The minimum Gasteiger partial charge on any atom is -0.354 e. The lowest BCUT2D eigenvalue weighted by Crippen LogP contribution is -2.52. The molecule has 192 valence electrons. The van der Waals surface area contributed by atoms with Gasteiger partial charge >= 0.3 is 0 Å². The molecule has 35 heavy (non-hydrogen) atoms. The fraction of sp³-hybridized carbons (Fsp3) is 0.481. The Morgan fingerprint density at radius 1 is 1.00 bits per heavy atom. The van der Waals surface area contributed by atoms with Gasteiger partial charge in [-0.15, -0.1) is 0 Å². The zero-order valence-corrected chi connectivity index (χ0v) is 22.8. The number of hydrogen-bond donors (Lipinski definition) is 1. The van der Waals surface area contributed by atoms with E-state index >= 15 is 0 Å². The third-order valence-electron chi connectivity index (χ3n) is 5.96. The summed E-state index contributed by atoms with van der Waals surface area (Å²) < 4.78 is 26.5. The van der Waals surface area contributed by atoms with Crippen molar-refractivity contribution in [1.29, 1.82) is 0 Å². The summed E-state index contributed by atoms with van der Waals surface area (Å²) in [6, 6.07) is 12.3. The molecule has 0 aliphatic rings. The van der Waals surface area contributed by atoms with Crippen molar-refractivity contribution in [3.05, 3.63) is 64.7 Å². The van der Waals surface area contributed by atoms with Gasteiger partial charge in [-0.25, -0.2) is 8.42 Å². The monoisotopic (exact) mass is 501 g/mol. The highest BCUT2D eigenvalue weighted by atomic mass is 32.2. The minimum absolute atomic E-state index is 0.207. The van der Waals surface area contributed by atoms with Gasteiger partial charge < -0.3 is 10.2 Å². The number of carbonyl (C=O) groups excluding carboxylic acids is 2. The fourth-order valence-electron chi connectivity index (χ4n) is 3.84. The van der Waals surface area contributed by atoms with E-state index in [1.807, 2.05) is 71.9 Å². The number of amides is 2. The predicted molar refractivity (Wildman–Crippen MR) is 142 cm³/mol. The molecule has 2 aromatic carbocycles. The summed E-state index contributed by atoms with van der Waals surface area (Å²) in [6.45, 7) is 12.0. The number of anilines is 1. The molecule has 7 nitrogen and oxygen atoms in total.